The van der Waals surface area contributed by atoms with Crippen molar-refractivity contribution in [3.63, 3.8) is 0 Å². The van der Waals surface area contributed by atoms with E-state index in [9.17, 15) is 4.79 Å². The van der Waals surface area contributed by atoms with Crippen LogP contribution < -0.4 is 0 Å². The summed E-state index contributed by atoms with van der Waals surface area (Å²) in [5.74, 6) is 0.304. The van der Waals surface area contributed by atoms with Gasteiger partial charge in [-0.25, -0.2) is 4.79 Å². The minimum Gasteiger partial charge on any atom is -0.450 e. The standard InChI is InChI=1S/C22H25NO2/c1-16(2)18-8-9-19-20(14-18)22(25-21(19)24)10-12-23(13-11-22)15-17-6-4-3-5-7-17/h3-9,14,16H,10-13,15H2,1-2H3. The van der Waals surface area contributed by atoms with Crippen LogP contribution in [0.2, 0.25) is 0 Å². The van der Waals surface area contributed by atoms with Gasteiger partial charge in [-0.1, -0.05) is 56.3 Å². The van der Waals surface area contributed by atoms with E-state index >= 15 is 0 Å². The molecule has 1 saturated heterocycles. The van der Waals surface area contributed by atoms with Crippen LogP contribution in [-0.2, 0) is 16.9 Å². The molecule has 0 saturated carbocycles. The number of carbonyl (C=O) groups excluding carboxylic acids is 1. The first kappa shape index (κ1) is 16.3. The van der Waals surface area contributed by atoms with Crippen molar-refractivity contribution in [3.8, 4) is 0 Å². The zero-order chi connectivity index (χ0) is 17.4. The highest BCUT2D eigenvalue weighted by atomic mass is 16.6. The Labute approximate surface area is 149 Å². The Morgan fingerprint density at radius 1 is 1.08 bits per heavy atom. The lowest BCUT2D eigenvalue weighted by atomic mass is 9.82. The number of fused-ring (bicyclic) bond motifs is 2. The summed E-state index contributed by atoms with van der Waals surface area (Å²) in [4.78, 5) is 14.8. The molecule has 4 rings (SSSR count). The average molecular weight is 335 g/mol. The van der Waals surface area contributed by atoms with Crippen LogP contribution in [0.3, 0.4) is 0 Å². The van der Waals surface area contributed by atoms with Gasteiger partial charge in [0.25, 0.3) is 0 Å². The molecule has 0 unspecified atom stereocenters. The van der Waals surface area contributed by atoms with E-state index in [4.69, 9.17) is 4.74 Å². The second-order valence-electron chi connectivity index (χ2n) is 7.61. The highest BCUT2D eigenvalue weighted by molar-refractivity contribution is 5.95. The third-order valence-corrected chi connectivity index (χ3v) is 5.62. The van der Waals surface area contributed by atoms with E-state index in [1.165, 1.54) is 11.1 Å². The molecule has 0 radical (unpaired) electrons. The van der Waals surface area contributed by atoms with Gasteiger partial charge < -0.3 is 4.74 Å². The third-order valence-electron chi connectivity index (χ3n) is 5.62. The number of nitrogens with zero attached hydrogens (tertiary/aromatic N) is 1. The molecule has 2 aliphatic heterocycles. The molecule has 25 heavy (non-hydrogen) atoms. The largest absolute Gasteiger partial charge is 0.450 e. The summed E-state index contributed by atoms with van der Waals surface area (Å²) < 4.78 is 5.93. The molecule has 0 N–H and O–H groups in total. The van der Waals surface area contributed by atoms with E-state index in [0.29, 0.717) is 5.92 Å². The fraction of sp³-hybridized carbons (Fsp3) is 0.409. The van der Waals surface area contributed by atoms with Crippen LogP contribution in [0.15, 0.2) is 48.5 Å². The SMILES string of the molecule is CC(C)c1ccc2c(c1)C1(CCN(Cc3ccccc3)CC1)OC2=O. The third kappa shape index (κ3) is 2.98. The number of benzene rings is 2. The Balaban J connectivity index is 1.54. The molecular formula is C22H25NO2. The van der Waals surface area contributed by atoms with E-state index in [-0.39, 0.29) is 5.97 Å². The van der Waals surface area contributed by atoms with Crippen LogP contribution >= 0.6 is 0 Å². The predicted molar refractivity (Wildman–Crippen MR) is 98.6 cm³/mol. The monoisotopic (exact) mass is 335 g/mol. The Bertz CT molecular complexity index is 774. The average Bonchev–Trinajstić information content (AvgIpc) is 2.90. The van der Waals surface area contributed by atoms with Crippen LogP contribution in [0.5, 0.6) is 0 Å². The van der Waals surface area contributed by atoms with Crippen molar-refractivity contribution in [2.24, 2.45) is 0 Å². The summed E-state index contributed by atoms with van der Waals surface area (Å²) in [6.07, 6.45) is 1.75. The summed E-state index contributed by atoms with van der Waals surface area (Å²) in [5.41, 5.74) is 4.08. The quantitative estimate of drug-likeness (QED) is 0.775. The number of piperidine rings is 1. The second kappa shape index (κ2) is 6.30. The van der Waals surface area contributed by atoms with Crippen LogP contribution in [0, 0.1) is 0 Å². The van der Waals surface area contributed by atoms with Gasteiger partial charge in [0.2, 0.25) is 0 Å². The summed E-state index contributed by atoms with van der Waals surface area (Å²) in [6, 6.07) is 16.8. The lowest BCUT2D eigenvalue weighted by Gasteiger charge is -2.38. The van der Waals surface area contributed by atoms with E-state index < -0.39 is 5.60 Å². The lowest BCUT2D eigenvalue weighted by Crippen LogP contribution is -2.42. The Morgan fingerprint density at radius 2 is 1.80 bits per heavy atom. The first-order valence-corrected chi connectivity index (χ1v) is 9.21. The maximum Gasteiger partial charge on any atom is 0.339 e. The molecule has 1 spiro atoms. The molecule has 0 bridgehead atoms. The summed E-state index contributed by atoms with van der Waals surface area (Å²) >= 11 is 0. The van der Waals surface area contributed by atoms with Crippen molar-refractivity contribution in [1.82, 2.24) is 4.90 Å². The second-order valence-corrected chi connectivity index (χ2v) is 7.61. The first-order chi connectivity index (χ1) is 12.1. The van der Waals surface area contributed by atoms with Gasteiger partial charge >= 0.3 is 5.97 Å². The van der Waals surface area contributed by atoms with Gasteiger partial charge in [-0.05, 0) is 23.1 Å². The van der Waals surface area contributed by atoms with Crippen molar-refractivity contribution in [1.29, 1.82) is 0 Å². The smallest absolute Gasteiger partial charge is 0.339 e. The van der Waals surface area contributed by atoms with Crippen LogP contribution in [-0.4, -0.2) is 24.0 Å². The number of hydrogen-bond acceptors (Lipinski definition) is 3. The maximum atomic E-state index is 12.4. The molecule has 0 amide bonds. The van der Waals surface area contributed by atoms with E-state index in [0.717, 1.165) is 43.6 Å². The molecule has 130 valence electrons. The zero-order valence-electron chi connectivity index (χ0n) is 15.0. The number of carbonyl (C=O) groups is 1. The topological polar surface area (TPSA) is 29.5 Å². The minimum absolute atomic E-state index is 0.151. The minimum atomic E-state index is -0.412. The lowest BCUT2D eigenvalue weighted by molar-refractivity contribution is -0.0441. The van der Waals surface area contributed by atoms with Crippen molar-refractivity contribution in [3.05, 3.63) is 70.8 Å². The molecule has 0 atom stereocenters. The molecule has 1 fully saturated rings. The van der Waals surface area contributed by atoms with Gasteiger partial charge in [-0.15, -0.1) is 0 Å². The molecule has 2 aromatic carbocycles. The summed E-state index contributed by atoms with van der Waals surface area (Å²) in [6.45, 7) is 7.24. The van der Waals surface area contributed by atoms with E-state index in [1.54, 1.807) is 0 Å². The van der Waals surface area contributed by atoms with Gasteiger partial charge in [-0.2, -0.15) is 0 Å². The summed E-state index contributed by atoms with van der Waals surface area (Å²) in [7, 11) is 0. The fourth-order valence-electron chi connectivity index (χ4n) is 4.05. The highest BCUT2D eigenvalue weighted by Crippen LogP contribution is 2.45. The normalized spacial score (nSPS) is 19.2. The van der Waals surface area contributed by atoms with Gasteiger partial charge in [0, 0.05) is 38.0 Å². The van der Waals surface area contributed by atoms with Crippen molar-refractivity contribution >= 4 is 5.97 Å². The Kier molecular flexibility index (Phi) is 4.12. The predicted octanol–water partition coefficient (Wildman–Crippen LogP) is 4.47. The Morgan fingerprint density at radius 3 is 2.48 bits per heavy atom. The number of esters is 1. The number of likely N-dealkylation sites (tertiary alicyclic amines) is 1. The number of ether oxygens (including phenoxy) is 1. The first-order valence-electron chi connectivity index (χ1n) is 9.21. The van der Waals surface area contributed by atoms with Crippen molar-refractivity contribution in [2.45, 2.75) is 44.8 Å². The van der Waals surface area contributed by atoms with Crippen molar-refractivity contribution in [2.75, 3.05) is 13.1 Å². The zero-order valence-corrected chi connectivity index (χ0v) is 15.0. The van der Waals surface area contributed by atoms with Crippen LogP contribution in [0.25, 0.3) is 0 Å². The highest BCUT2D eigenvalue weighted by Gasteiger charge is 2.47. The summed E-state index contributed by atoms with van der Waals surface area (Å²) in [5, 5.41) is 0. The van der Waals surface area contributed by atoms with Gasteiger partial charge in [-0.3, -0.25) is 4.90 Å². The molecular weight excluding hydrogens is 310 g/mol. The number of rotatable bonds is 3. The molecule has 2 aromatic rings. The van der Waals surface area contributed by atoms with Crippen LogP contribution in [0.1, 0.15) is 59.7 Å². The molecule has 0 aromatic heterocycles. The fourth-order valence-corrected chi connectivity index (χ4v) is 4.05. The van der Waals surface area contributed by atoms with E-state index in [2.05, 4.69) is 61.2 Å². The van der Waals surface area contributed by atoms with Gasteiger partial charge in [0.05, 0.1) is 5.56 Å². The molecule has 2 heterocycles. The van der Waals surface area contributed by atoms with Gasteiger partial charge in [0.1, 0.15) is 5.60 Å². The van der Waals surface area contributed by atoms with E-state index in [1.807, 2.05) is 6.07 Å². The van der Waals surface area contributed by atoms with Crippen molar-refractivity contribution < 1.29 is 9.53 Å². The van der Waals surface area contributed by atoms with Crippen LogP contribution in [0.4, 0.5) is 0 Å². The Hall–Kier alpha value is -2.13. The molecule has 0 aliphatic carbocycles. The molecule has 3 nitrogen and oxygen atoms in total. The molecule has 2 aliphatic rings. The maximum absolute atomic E-state index is 12.4. The van der Waals surface area contributed by atoms with Gasteiger partial charge in [0.15, 0.2) is 0 Å². The molecule has 3 heteroatoms. The number of hydrogen-bond donors (Lipinski definition) is 0.